The summed E-state index contributed by atoms with van der Waals surface area (Å²) in [5, 5.41) is 0. The zero-order valence-electron chi connectivity index (χ0n) is 46.5. The second-order valence-electron chi connectivity index (χ2n) is 19.5. The van der Waals surface area contributed by atoms with Crippen LogP contribution in [0.25, 0.3) is 0 Å². The van der Waals surface area contributed by atoms with Crippen LogP contribution in [0.4, 0.5) is 0 Å². The molecule has 0 aliphatic carbocycles. The van der Waals surface area contributed by atoms with E-state index in [-0.39, 0.29) is 37.5 Å². The third-order valence-electron chi connectivity index (χ3n) is 12.6. The second kappa shape index (κ2) is 58.9. The number of hydrogen-bond donors (Lipinski definition) is 0. The number of unbranched alkanes of at least 4 members (excludes halogenated alkanes) is 26. The van der Waals surface area contributed by atoms with E-state index in [0.29, 0.717) is 19.3 Å². The summed E-state index contributed by atoms with van der Waals surface area (Å²) in [4.78, 5) is 38.1. The van der Waals surface area contributed by atoms with Gasteiger partial charge in [0.2, 0.25) is 0 Å². The summed E-state index contributed by atoms with van der Waals surface area (Å²) in [5.41, 5.74) is 0. The van der Waals surface area contributed by atoms with Gasteiger partial charge in [-0.05, 0) is 109 Å². The molecule has 0 N–H and O–H groups in total. The third-order valence-corrected chi connectivity index (χ3v) is 12.6. The number of allylic oxidation sites excluding steroid dienone is 16. The highest BCUT2D eigenvalue weighted by molar-refractivity contribution is 5.71. The van der Waals surface area contributed by atoms with E-state index in [1.807, 2.05) is 6.08 Å². The maximum atomic E-state index is 12.9. The molecule has 0 aromatic heterocycles. The monoisotopic (exact) mass is 987 g/mol. The van der Waals surface area contributed by atoms with Crippen LogP contribution in [0.3, 0.4) is 0 Å². The van der Waals surface area contributed by atoms with Gasteiger partial charge in [0.1, 0.15) is 13.2 Å². The number of carbonyl (C=O) groups is 3. The van der Waals surface area contributed by atoms with E-state index in [4.69, 9.17) is 14.2 Å². The fraction of sp³-hybridized carbons (Fsp3) is 0.708. The van der Waals surface area contributed by atoms with Crippen molar-refractivity contribution in [3.8, 4) is 0 Å². The number of hydrogen-bond acceptors (Lipinski definition) is 6. The zero-order valence-corrected chi connectivity index (χ0v) is 46.5. The molecule has 0 rings (SSSR count). The van der Waals surface area contributed by atoms with Gasteiger partial charge in [0, 0.05) is 19.3 Å². The molecule has 6 nitrogen and oxygen atoms in total. The predicted molar refractivity (Wildman–Crippen MR) is 307 cm³/mol. The Morgan fingerprint density at radius 2 is 0.577 bits per heavy atom. The fourth-order valence-corrected chi connectivity index (χ4v) is 8.11. The lowest BCUT2D eigenvalue weighted by molar-refractivity contribution is -0.166. The van der Waals surface area contributed by atoms with Crippen LogP contribution in [-0.4, -0.2) is 37.2 Å². The summed E-state index contributed by atoms with van der Waals surface area (Å²) >= 11 is 0. The van der Waals surface area contributed by atoms with Gasteiger partial charge in [-0.3, -0.25) is 14.4 Å². The van der Waals surface area contributed by atoms with Gasteiger partial charge in [-0.2, -0.15) is 0 Å². The van der Waals surface area contributed by atoms with Gasteiger partial charge in [0.15, 0.2) is 6.10 Å². The van der Waals surface area contributed by atoms with E-state index in [1.165, 1.54) is 141 Å². The molecule has 1 atom stereocenters. The maximum absolute atomic E-state index is 12.9. The lowest BCUT2D eigenvalue weighted by atomic mass is 10.1. The highest BCUT2D eigenvalue weighted by Crippen LogP contribution is 2.15. The summed E-state index contributed by atoms with van der Waals surface area (Å²) < 4.78 is 16.8. The van der Waals surface area contributed by atoms with E-state index >= 15 is 0 Å². The van der Waals surface area contributed by atoms with E-state index in [2.05, 4.69) is 112 Å². The van der Waals surface area contributed by atoms with Crippen molar-refractivity contribution in [3.63, 3.8) is 0 Å². The lowest BCUT2D eigenvalue weighted by Gasteiger charge is -2.18. The Bertz CT molecular complexity index is 1410. The summed E-state index contributed by atoms with van der Waals surface area (Å²) in [6.45, 7) is 6.44. The molecule has 0 spiro atoms. The minimum Gasteiger partial charge on any atom is -0.462 e. The van der Waals surface area contributed by atoms with Crippen LogP contribution >= 0.6 is 0 Å². The van der Waals surface area contributed by atoms with Crippen molar-refractivity contribution >= 4 is 17.9 Å². The van der Waals surface area contributed by atoms with Crippen molar-refractivity contribution in [3.05, 3.63) is 97.2 Å². The molecule has 0 aliphatic rings. The molecule has 0 aromatic rings. The summed E-state index contributed by atoms with van der Waals surface area (Å²) in [7, 11) is 0. The van der Waals surface area contributed by atoms with Crippen LogP contribution in [0, 0.1) is 0 Å². The Balaban J connectivity index is 4.44. The van der Waals surface area contributed by atoms with Crippen LogP contribution in [0.2, 0.25) is 0 Å². The van der Waals surface area contributed by atoms with Crippen LogP contribution < -0.4 is 0 Å². The molecule has 0 fully saturated rings. The summed E-state index contributed by atoms with van der Waals surface area (Å²) in [5.74, 6) is -1.00. The molecule has 0 amide bonds. The minimum atomic E-state index is -0.814. The van der Waals surface area contributed by atoms with E-state index < -0.39 is 6.10 Å². The molecule has 1 unspecified atom stereocenters. The molecule has 6 heteroatoms. The first kappa shape index (κ1) is 67.3. The van der Waals surface area contributed by atoms with Crippen LogP contribution in [0.1, 0.15) is 278 Å². The van der Waals surface area contributed by atoms with E-state index in [9.17, 15) is 14.4 Å². The lowest BCUT2D eigenvalue weighted by Crippen LogP contribution is -2.30. The molecular weight excluding hydrogens is 877 g/mol. The highest BCUT2D eigenvalue weighted by Gasteiger charge is 2.19. The van der Waals surface area contributed by atoms with Crippen molar-refractivity contribution in [2.24, 2.45) is 0 Å². The molecule has 0 aliphatic heterocycles. The summed E-state index contributed by atoms with van der Waals surface area (Å²) in [6.07, 6.45) is 78.4. The van der Waals surface area contributed by atoms with Gasteiger partial charge < -0.3 is 14.2 Å². The molecule has 0 saturated carbocycles. The number of rotatable bonds is 53. The zero-order chi connectivity index (χ0) is 51.4. The van der Waals surface area contributed by atoms with Crippen molar-refractivity contribution in [2.45, 2.75) is 284 Å². The Morgan fingerprint density at radius 3 is 0.958 bits per heavy atom. The SMILES string of the molecule is CC/C=C\C/C=C\C/C=C\C/C=C\CCC(=O)OCC(COC(=O)CCCCCCCC/C=C\C/C=C\C/C=C\CCCCCCC)OC(=O)CCCCCCCCCCC/C=C\CCCCCCCC. The predicted octanol–water partition coefficient (Wildman–Crippen LogP) is 20.1. The maximum Gasteiger partial charge on any atom is 0.306 e. The van der Waals surface area contributed by atoms with Gasteiger partial charge in [-0.25, -0.2) is 0 Å². The molecule has 0 bridgehead atoms. The van der Waals surface area contributed by atoms with Crippen LogP contribution in [0.5, 0.6) is 0 Å². The Kier molecular flexibility index (Phi) is 55.9. The smallest absolute Gasteiger partial charge is 0.306 e. The van der Waals surface area contributed by atoms with Gasteiger partial charge in [-0.1, -0.05) is 246 Å². The molecule has 0 saturated heterocycles. The van der Waals surface area contributed by atoms with E-state index in [1.54, 1.807) is 0 Å². The van der Waals surface area contributed by atoms with Gasteiger partial charge in [0.25, 0.3) is 0 Å². The highest BCUT2D eigenvalue weighted by atomic mass is 16.6. The first-order valence-corrected chi connectivity index (χ1v) is 29.7. The van der Waals surface area contributed by atoms with Crippen molar-refractivity contribution in [1.82, 2.24) is 0 Å². The summed E-state index contributed by atoms with van der Waals surface area (Å²) in [6, 6.07) is 0. The van der Waals surface area contributed by atoms with Crippen LogP contribution in [-0.2, 0) is 28.6 Å². The van der Waals surface area contributed by atoms with Crippen molar-refractivity contribution in [1.29, 1.82) is 0 Å². The van der Waals surface area contributed by atoms with Gasteiger partial charge in [-0.15, -0.1) is 0 Å². The topological polar surface area (TPSA) is 78.9 Å². The molecule has 406 valence electrons. The number of esters is 3. The fourth-order valence-electron chi connectivity index (χ4n) is 8.11. The molecular formula is C65H110O6. The first-order chi connectivity index (χ1) is 35.0. The average Bonchev–Trinajstić information content (AvgIpc) is 3.37. The van der Waals surface area contributed by atoms with Crippen molar-refractivity contribution in [2.75, 3.05) is 13.2 Å². The largest absolute Gasteiger partial charge is 0.462 e. The first-order valence-electron chi connectivity index (χ1n) is 29.7. The van der Waals surface area contributed by atoms with Gasteiger partial charge >= 0.3 is 17.9 Å². The van der Waals surface area contributed by atoms with E-state index in [0.717, 1.165) is 89.9 Å². The Hall–Kier alpha value is -3.67. The number of ether oxygens (including phenoxy) is 3. The molecule has 0 heterocycles. The molecule has 71 heavy (non-hydrogen) atoms. The van der Waals surface area contributed by atoms with Crippen molar-refractivity contribution < 1.29 is 28.6 Å². The Morgan fingerprint density at radius 1 is 0.296 bits per heavy atom. The average molecular weight is 988 g/mol. The third kappa shape index (κ3) is 57.1. The second-order valence-corrected chi connectivity index (χ2v) is 19.5. The minimum absolute atomic E-state index is 0.107. The molecule has 0 radical (unpaired) electrons. The van der Waals surface area contributed by atoms with Gasteiger partial charge in [0.05, 0.1) is 0 Å². The quantitative estimate of drug-likeness (QED) is 0.0261. The standard InChI is InChI=1S/C65H110O6/c1-4-7-10-13-16-19-22-25-27-29-31-32-34-35-37-40-43-46-49-52-55-58-64(67)70-61-62(60-69-63(66)57-54-51-48-45-42-39-24-21-18-15-12-9-6-3)71-65(68)59-56-53-50-47-44-41-38-36-33-30-28-26-23-20-17-14-11-8-5-2/h9,12,18,21-22,25-26,28-29,31,34-35,39,42,48,51,62H,4-8,10-11,13-17,19-20,23-24,27,30,32-33,36-38,40-41,43-47,49-50,52-61H2,1-3H3/b12-9-,21-18-,25-22-,28-26-,31-29-,35-34-,42-39-,51-48-. The normalized spacial score (nSPS) is 12.8. The molecule has 0 aromatic carbocycles. The van der Waals surface area contributed by atoms with Crippen LogP contribution in [0.15, 0.2) is 97.2 Å². The number of carbonyl (C=O) groups excluding carboxylic acids is 3. The Labute approximate surface area is 438 Å².